The summed E-state index contributed by atoms with van der Waals surface area (Å²) in [6, 6.07) is 0. The van der Waals surface area contributed by atoms with Crippen LogP contribution in [0.3, 0.4) is 0 Å². The molecule has 0 saturated carbocycles. The quantitative estimate of drug-likeness (QED) is 0.479. The zero-order valence-corrected chi connectivity index (χ0v) is 7.14. The second-order valence-corrected chi connectivity index (χ2v) is 3.35. The molecule has 1 N–H and O–H groups in total. The van der Waals surface area contributed by atoms with Crippen LogP contribution >= 0.6 is 0 Å². The van der Waals surface area contributed by atoms with Gasteiger partial charge in [0.15, 0.2) is 0 Å². The van der Waals surface area contributed by atoms with Crippen LogP contribution in [0.5, 0.6) is 0 Å². The summed E-state index contributed by atoms with van der Waals surface area (Å²) < 4.78 is 5.11. The lowest BCUT2D eigenvalue weighted by atomic mass is 9.90. The fourth-order valence-electron chi connectivity index (χ4n) is 0.353. The van der Waals surface area contributed by atoms with E-state index >= 15 is 0 Å². The molecule has 0 saturated heterocycles. The maximum atomic E-state index is 9.50. The van der Waals surface area contributed by atoms with E-state index in [4.69, 9.17) is 4.74 Å². The topological polar surface area (TPSA) is 29.5 Å². The van der Waals surface area contributed by atoms with Gasteiger partial charge in [-0.3, -0.25) is 0 Å². The Bertz CT molecular complexity index is 125. The van der Waals surface area contributed by atoms with Crippen LogP contribution in [0.2, 0.25) is 0 Å². The molecule has 0 aliphatic rings. The molecule has 0 aliphatic carbocycles. The fraction of sp³-hybridized carbons (Fsp3) is 0.750. The van der Waals surface area contributed by atoms with Crippen molar-refractivity contribution in [3.05, 3.63) is 12.8 Å². The summed E-state index contributed by atoms with van der Waals surface area (Å²) in [5.74, 6) is 0. The smallest absolute Gasteiger partial charge is 0.130 e. The van der Waals surface area contributed by atoms with Crippen molar-refractivity contribution in [2.24, 2.45) is 0 Å². The van der Waals surface area contributed by atoms with E-state index in [1.54, 1.807) is 13.8 Å². The number of ether oxygens (including phenoxy) is 1. The van der Waals surface area contributed by atoms with Crippen LogP contribution in [0.25, 0.3) is 0 Å². The van der Waals surface area contributed by atoms with Gasteiger partial charge in [-0.1, -0.05) is 6.58 Å². The lowest BCUT2D eigenvalue weighted by Crippen LogP contribution is -2.46. The molecule has 0 rings (SSSR count). The molecular weight excluding hydrogens is 139 g/mol. The van der Waals surface area contributed by atoms with Gasteiger partial charge in [-0.05, 0) is 27.7 Å². The van der Waals surface area contributed by atoms with E-state index in [0.717, 1.165) is 0 Å². The summed E-state index contributed by atoms with van der Waals surface area (Å²) in [5.41, 5.74) is -1.42. The van der Waals surface area contributed by atoms with Crippen molar-refractivity contribution in [3.63, 3.8) is 0 Å². The van der Waals surface area contributed by atoms with E-state index in [9.17, 15) is 5.11 Å². The van der Waals surface area contributed by atoms with Gasteiger partial charge in [0.25, 0.3) is 0 Å². The Labute approximate surface area is 70.8 Å². The monoisotopic (exact) mass is 158 g/mol. The number of hydrogen-bond acceptors (Lipinski definition) is 2. The van der Waals surface area contributed by atoms with Gasteiger partial charge in [0.1, 0.15) is 5.60 Å². The Morgan fingerprint density at radius 3 is 1.73 bits per heavy atom. The van der Waals surface area contributed by atoms with Gasteiger partial charge in [-0.15, -0.1) is 0 Å². The molecule has 0 unspecified atom stereocenters. The third kappa shape index (κ3) is 3.47. The fourth-order valence-corrected chi connectivity index (χ4v) is 0.353. The molecule has 0 radical (unpaired) electrons. The molecule has 0 aliphatic heterocycles. The standard InChI is InChI=1S/C8H16O2.BH3/c1-6-10-8(4,5)7(2,3)9;/h6,9H,1H2,2-5H3;1H3. The highest BCUT2D eigenvalue weighted by atomic mass is 16.5. The maximum absolute atomic E-state index is 9.50. The van der Waals surface area contributed by atoms with Crippen molar-refractivity contribution in [3.8, 4) is 0 Å². The van der Waals surface area contributed by atoms with E-state index in [1.807, 2.05) is 13.8 Å². The van der Waals surface area contributed by atoms with E-state index in [2.05, 4.69) is 6.58 Å². The Morgan fingerprint density at radius 2 is 1.64 bits per heavy atom. The average molecular weight is 158 g/mol. The molecule has 0 aromatic heterocycles. The summed E-state index contributed by atoms with van der Waals surface area (Å²) in [6.45, 7) is 10.5. The summed E-state index contributed by atoms with van der Waals surface area (Å²) >= 11 is 0. The van der Waals surface area contributed by atoms with Crippen molar-refractivity contribution < 1.29 is 9.84 Å². The Kier molecular flexibility index (Phi) is 4.57. The summed E-state index contributed by atoms with van der Waals surface area (Å²) in [7, 11) is 0. The van der Waals surface area contributed by atoms with E-state index in [1.165, 1.54) is 6.26 Å². The van der Waals surface area contributed by atoms with Crippen LogP contribution in [0.1, 0.15) is 27.7 Å². The van der Waals surface area contributed by atoms with Crippen molar-refractivity contribution in [1.29, 1.82) is 0 Å². The van der Waals surface area contributed by atoms with Gasteiger partial charge in [0, 0.05) is 0 Å². The molecule has 0 atom stereocenters. The van der Waals surface area contributed by atoms with Crippen molar-refractivity contribution in [2.45, 2.75) is 38.9 Å². The van der Waals surface area contributed by atoms with E-state index in [-0.39, 0.29) is 8.41 Å². The molecule has 0 heterocycles. The summed E-state index contributed by atoms with van der Waals surface area (Å²) in [4.78, 5) is 0. The summed E-state index contributed by atoms with van der Waals surface area (Å²) in [5, 5.41) is 9.50. The molecule has 0 aromatic rings. The Hall–Kier alpha value is -0.435. The molecule has 0 bridgehead atoms. The molecule has 3 heteroatoms. The van der Waals surface area contributed by atoms with Crippen molar-refractivity contribution >= 4 is 8.41 Å². The minimum absolute atomic E-state index is 0. The van der Waals surface area contributed by atoms with Gasteiger partial charge in [0.2, 0.25) is 0 Å². The first-order valence-electron chi connectivity index (χ1n) is 3.32. The highest BCUT2D eigenvalue weighted by molar-refractivity contribution is 5.75. The molecule has 66 valence electrons. The van der Waals surface area contributed by atoms with Gasteiger partial charge in [-0.25, -0.2) is 0 Å². The Balaban J connectivity index is 0. The third-order valence-electron chi connectivity index (χ3n) is 1.85. The highest BCUT2D eigenvalue weighted by Gasteiger charge is 2.35. The molecule has 2 nitrogen and oxygen atoms in total. The zero-order chi connectivity index (χ0) is 8.41. The molecular formula is C8H19BO2. The number of aliphatic hydroxyl groups is 1. The largest absolute Gasteiger partial charge is 0.493 e. The van der Waals surface area contributed by atoms with Crippen LogP contribution < -0.4 is 0 Å². The number of rotatable bonds is 3. The van der Waals surface area contributed by atoms with Crippen molar-refractivity contribution in [1.82, 2.24) is 0 Å². The van der Waals surface area contributed by atoms with Crippen LogP contribution in [0.4, 0.5) is 0 Å². The Morgan fingerprint density at radius 1 is 1.27 bits per heavy atom. The first-order valence-corrected chi connectivity index (χ1v) is 3.32. The molecule has 0 spiro atoms. The minimum atomic E-state index is -0.846. The first-order chi connectivity index (χ1) is 4.31. The molecule has 11 heavy (non-hydrogen) atoms. The normalized spacial score (nSPS) is 11.7. The van der Waals surface area contributed by atoms with E-state index in [0.29, 0.717) is 0 Å². The van der Waals surface area contributed by atoms with Crippen LogP contribution in [-0.4, -0.2) is 24.7 Å². The predicted molar refractivity (Wildman–Crippen MR) is 51.6 cm³/mol. The summed E-state index contributed by atoms with van der Waals surface area (Å²) in [6.07, 6.45) is 1.35. The molecule has 0 fully saturated rings. The maximum Gasteiger partial charge on any atom is 0.130 e. The van der Waals surface area contributed by atoms with E-state index < -0.39 is 11.2 Å². The van der Waals surface area contributed by atoms with Gasteiger partial charge >= 0.3 is 0 Å². The third-order valence-corrected chi connectivity index (χ3v) is 1.85. The SMILES string of the molecule is B.C=COC(C)(C)C(C)(C)O. The van der Waals surface area contributed by atoms with Crippen LogP contribution in [0.15, 0.2) is 12.8 Å². The highest BCUT2D eigenvalue weighted by Crippen LogP contribution is 2.24. The van der Waals surface area contributed by atoms with Crippen molar-refractivity contribution in [2.75, 3.05) is 0 Å². The van der Waals surface area contributed by atoms with Gasteiger partial charge in [0.05, 0.1) is 20.3 Å². The predicted octanol–water partition coefficient (Wildman–Crippen LogP) is 0.512. The molecule has 0 aromatic carbocycles. The lowest BCUT2D eigenvalue weighted by Gasteiger charge is -2.35. The minimum Gasteiger partial charge on any atom is -0.493 e. The van der Waals surface area contributed by atoms with Crippen LogP contribution in [0, 0.1) is 0 Å². The second kappa shape index (κ2) is 3.81. The number of hydrogen-bond donors (Lipinski definition) is 1. The van der Waals surface area contributed by atoms with Gasteiger partial charge < -0.3 is 9.84 Å². The average Bonchev–Trinajstić information content (AvgIpc) is 1.61. The lowest BCUT2D eigenvalue weighted by molar-refractivity contribution is -0.113. The first kappa shape index (κ1) is 13.2. The zero-order valence-electron chi connectivity index (χ0n) is 7.14. The second-order valence-electron chi connectivity index (χ2n) is 3.35. The van der Waals surface area contributed by atoms with Crippen LogP contribution in [-0.2, 0) is 4.74 Å². The molecule has 0 amide bonds. The van der Waals surface area contributed by atoms with Gasteiger partial charge in [-0.2, -0.15) is 0 Å².